The van der Waals surface area contributed by atoms with Crippen molar-refractivity contribution in [2.75, 3.05) is 13.1 Å². The van der Waals surface area contributed by atoms with E-state index >= 15 is 0 Å². The summed E-state index contributed by atoms with van der Waals surface area (Å²) in [6, 6.07) is 3.12. The average Bonchev–Trinajstić information content (AvgIpc) is 2.66. The lowest BCUT2D eigenvalue weighted by Crippen LogP contribution is -2.45. The molecule has 1 fully saturated rings. The Balaban J connectivity index is 2.07. The third kappa shape index (κ3) is 2.95. The molecule has 0 unspecified atom stereocenters. The average molecular weight is 281 g/mol. The van der Waals surface area contributed by atoms with Crippen LogP contribution in [0, 0.1) is 0 Å². The van der Waals surface area contributed by atoms with Crippen LogP contribution < -0.4 is 10.0 Å². The number of hydrogen-bond donors (Lipinski definition) is 2. The van der Waals surface area contributed by atoms with Gasteiger partial charge in [-0.3, -0.25) is 0 Å². The fourth-order valence-electron chi connectivity index (χ4n) is 1.67. The molecule has 90 valence electrons. The summed E-state index contributed by atoms with van der Waals surface area (Å²) in [5.41, 5.74) is 0. The molecule has 1 saturated heterocycles. The van der Waals surface area contributed by atoms with Crippen molar-refractivity contribution >= 4 is 33.0 Å². The van der Waals surface area contributed by atoms with Crippen LogP contribution in [0.4, 0.5) is 0 Å². The molecule has 2 heterocycles. The quantitative estimate of drug-likeness (QED) is 0.881. The van der Waals surface area contributed by atoms with E-state index in [1.165, 1.54) is 6.07 Å². The second-order valence-corrected chi connectivity index (χ2v) is 7.38. The lowest BCUT2D eigenvalue weighted by atomic mass is 10.1. The van der Waals surface area contributed by atoms with Crippen LogP contribution in [0.1, 0.15) is 12.8 Å². The van der Waals surface area contributed by atoms with Crippen molar-refractivity contribution < 1.29 is 8.42 Å². The highest BCUT2D eigenvalue weighted by atomic mass is 35.5. The molecule has 16 heavy (non-hydrogen) atoms. The SMILES string of the molecule is O=S(=O)(N[C@H]1CCCNC1)c1ccc(Cl)s1. The normalized spacial score (nSPS) is 22.2. The zero-order valence-corrected chi connectivity index (χ0v) is 11.0. The fourth-order valence-corrected chi connectivity index (χ4v) is 4.44. The number of piperidine rings is 1. The molecule has 1 aliphatic heterocycles. The van der Waals surface area contributed by atoms with Crippen LogP contribution >= 0.6 is 22.9 Å². The lowest BCUT2D eigenvalue weighted by Gasteiger charge is -2.23. The number of nitrogens with one attached hydrogen (secondary N) is 2. The van der Waals surface area contributed by atoms with Gasteiger partial charge in [-0.05, 0) is 31.5 Å². The van der Waals surface area contributed by atoms with Crippen LogP contribution in [0.15, 0.2) is 16.3 Å². The van der Waals surface area contributed by atoms with Gasteiger partial charge < -0.3 is 5.32 Å². The molecule has 1 aromatic heterocycles. The van der Waals surface area contributed by atoms with E-state index in [2.05, 4.69) is 10.0 Å². The van der Waals surface area contributed by atoms with E-state index in [-0.39, 0.29) is 10.3 Å². The molecule has 1 aromatic rings. The summed E-state index contributed by atoms with van der Waals surface area (Å²) >= 11 is 6.80. The van der Waals surface area contributed by atoms with Gasteiger partial charge in [-0.25, -0.2) is 13.1 Å². The summed E-state index contributed by atoms with van der Waals surface area (Å²) in [6.07, 6.45) is 1.88. The topological polar surface area (TPSA) is 58.2 Å². The van der Waals surface area contributed by atoms with E-state index < -0.39 is 10.0 Å². The standard InChI is InChI=1S/C9H13ClN2O2S2/c10-8-3-4-9(15-8)16(13,14)12-7-2-1-5-11-6-7/h3-4,7,11-12H,1-2,5-6H2/t7-/m0/s1. The second-order valence-electron chi connectivity index (χ2n) is 3.72. The van der Waals surface area contributed by atoms with Gasteiger partial charge in [0, 0.05) is 12.6 Å². The Bertz CT molecular complexity index is 452. The summed E-state index contributed by atoms with van der Waals surface area (Å²) in [5.74, 6) is 0. The first-order valence-corrected chi connectivity index (χ1v) is 7.74. The molecule has 0 spiro atoms. The molecule has 1 aliphatic rings. The van der Waals surface area contributed by atoms with Crippen molar-refractivity contribution in [3.63, 3.8) is 0 Å². The molecule has 1 atom stereocenters. The van der Waals surface area contributed by atoms with Gasteiger partial charge in [-0.15, -0.1) is 11.3 Å². The number of hydrogen-bond acceptors (Lipinski definition) is 4. The van der Waals surface area contributed by atoms with Crippen molar-refractivity contribution in [3.8, 4) is 0 Å². The maximum Gasteiger partial charge on any atom is 0.250 e. The van der Waals surface area contributed by atoms with Gasteiger partial charge >= 0.3 is 0 Å². The first-order valence-electron chi connectivity index (χ1n) is 5.06. The van der Waals surface area contributed by atoms with Crippen molar-refractivity contribution in [2.45, 2.75) is 23.1 Å². The lowest BCUT2D eigenvalue weighted by molar-refractivity contribution is 0.429. The Hall–Kier alpha value is -0.140. The largest absolute Gasteiger partial charge is 0.315 e. The van der Waals surface area contributed by atoms with Gasteiger partial charge in [0.1, 0.15) is 4.21 Å². The molecule has 0 bridgehead atoms. The Morgan fingerprint density at radius 2 is 2.31 bits per heavy atom. The number of sulfonamides is 1. The summed E-state index contributed by atoms with van der Waals surface area (Å²) in [4.78, 5) is 0. The van der Waals surface area contributed by atoms with Gasteiger partial charge in [-0.1, -0.05) is 11.6 Å². The van der Waals surface area contributed by atoms with Crippen molar-refractivity contribution in [1.29, 1.82) is 0 Å². The zero-order chi connectivity index (χ0) is 11.6. The first kappa shape index (κ1) is 12.3. The first-order chi connectivity index (χ1) is 7.58. The number of thiophene rings is 1. The van der Waals surface area contributed by atoms with Gasteiger partial charge in [0.15, 0.2) is 0 Å². The molecular weight excluding hydrogens is 268 g/mol. The molecular formula is C9H13ClN2O2S2. The minimum atomic E-state index is -3.40. The van der Waals surface area contributed by atoms with Crippen LogP contribution in [-0.4, -0.2) is 27.5 Å². The molecule has 4 nitrogen and oxygen atoms in total. The Labute approximate surface area is 104 Å². The van der Waals surface area contributed by atoms with Crippen LogP contribution in [0.5, 0.6) is 0 Å². The van der Waals surface area contributed by atoms with E-state index in [1.807, 2.05) is 0 Å². The summed E-state index contributed by atoms with van der Waals surface area (Å²) < 4.78 is 27.3. The molecule has 0 saturated carbocycles. The highest BCUT2D eigenvalue weighted by Gasteiger charge is 2.22. The van der Waals surface area contributed by atoms with E-state index in [4.69, 9.17) is 11.6 Å². The maximum atomic E-state index is 11.9. The number of halogens is 1. The molecule has 7 heteroatoms. The summed E-state index contributed by atoms with van der Waals surface area (Å²) in [5, 5.41) is 3.16. The monoisotopic (exact) mass is 280 g/mol. The molecule has 0 aromatic carbocycles. The van der Waals surface area contributed by atoms with E-state index in [1.54, 1.807) is 6.07 Å². The maximum absolute atomic E-state index is 11.9. The van der Waals surface area contributed by atoms with E-state index in [9.17, 15) is 8.42 Å². The number of rotatable bonds is 3. The third-order valence-corrected chi connectivity index (χ3v) is 5.68. The van der Waals surface area contributed by atoms with Gasteiger partial charge in [0.2, 0.25) is 10.0 Å². The Morgan fingerprint density at radius 3 is 2.88 bits per heavy atom. The smallest absolute Gasteiger partial charge is 0.250 e. The van der Waals surface area contributed by atoms with Gasteiger partial charge in [0.05, 0.1) is 4.34 Å². The van der Waals surface area contributed by atoms with Gasteiger partial charge in [-0.2, -0.15) is 0 Å². The van der Waals surface area contributed by atoms with Crippen LogP contribution in [-0.2, 0) is 10.0 Å². The molecule has 2 rings (SSSR count). The highest BCUT2D eigenvalue weighted by Crippen LogP contribution is 2.25. The Morgan fingerprint density at radius 1 is 1.50 bits per heavy atom. The predicted octanol–water partition coefficient (Wildman–Crippen LogP) is 1.43. The molecule has 0 amide bonds. The second kappa shape index (κ2) is 5.01. The van der Waals surface area contributed by atoms with E-state index in [0.29, 0.717) is 10.9 Å². The fraction of sp³-hybridized carbons (Fsp3) is 0.556. The van der Waals surface area contributed by atoms with Crippen molar-refractivity contribution in [1.82, 2.24) is 10.0 Å². The minimum Gasteiger partial charge on any atom is -0.315 e. The van der Waals surface area contributed by atoms with Crippen molar-refractivity contribution in [3.05, 3.63) is 16.5 Å². The molecule has 0 aliphatic carbocycles. The summed E-state index contributed by atoms with van der Waals surface area (Å²) in [7, 11) is -3.40. The van der Waals surface area contributed by atoms with Crippen LogP contribution in [0.2, 0.25) is 4.34 Å². The Kier molecular flexibility index (Phi) is 3.86. The third-order valence-electron chi connectivity index (χ3n) is 2.43. The van der Waals surface area contributed by atoms with Gasteiger partial charge in [0.25, 0.3) is 0 Å². The highest BCUT2D eigenvalue weighted by molar-refractivity contribution is 7.91. The summed E-state index contributed by atoms with van der Waals surface area (Å²) in [6.45, 7) is 1.65. The molecule has 2 N–H and O–H groups in total. The van der Waals surface area contributed by atoms with Crippen LogP contribution in [0.3, 0.4) is 0 Å². The predicted molar refractivity (Wildman–Crippen MR) is 65.5 cm³/mol. The molecule has 0 radical (unpaired) electrons. The zero-order valence-electron chi connectivity index (χ0n) is 8.57. The van der Waals surface area contributed by atoms with Crippen LogP contribution in [0.25, 0.3) is 0 Å². The van der Waals surface area contributed by atoms with E-state index in [0.717, 1.165) is 30.7 Å². The minimum absolute atomic E-state index is 0.0142. The van der Waals surface area contributed by atoms with Crippen molar-refractivity contribution in [2.24, 2.45) is 0 Å².